The number of halogens is 1. The van der Waals surface area contributed by atoms with Gasteiger partial charge in [0.25, 0.3) is 0 Å². The average Bonchev–Trinajstić information content (AvgIpc) is 2.33. The molecule has 7 heteroatoms. The Morgan fingerprint density at radius 3 is 2.93 bits per heavy atom. The van der Waals surface area contributed by atoms with Crippen molar-refractivity contribution >= 4 is 44.7 Å². The van der Waals surface area contributed by atoms with Gasteiger partial charge in [-0.15, -0.1) is 0 Å². The molecule has 0 aliphatic rings. The summed E-state index contributed by atoms with van der Waals surface area (Å²) in [7, 11) is 4.26. The van der Waals surface area contributed by atoms with Gasteiger partial charge in [-0.2, -0.15) is 0 Å². The third-order valence-electron chi connectivity index (χ3n) is 1.20. The van der Waals surface area contributed by atoms with Crippen molar-refractivity contribution in [1.82, 2.24) is 4.98 Å². The first kappa shape index (κ1) is 14.8. The van der Waals surface area contributed by atoms with Gasteiger partial charge in [-0.25, -0.2) is 0 Å². The van der Waals surface area contributed by atoms with E-state index in [0.29, 0.717) is 4.32 Å². The van der Waals surface area contributed by atoms with E-state index in [0.717, 1.165) is 5.69 Å². The number of hydrogen-bond donors (Lipinski definition) is 0. The molecule has 1 rings (SSSR count). The summed E-state index contributed by atoms with van der Waals surface area (Å²) >= 11 is 8.84. The molecule has 0 atom stereocenters. The van der Waals surface area contributed by atoms with Crippen LogP contribution in [-0.4, -0.2) is 21.8 Å². The first-order chi connectivity index (χ1) is 7.33. The van der Waals surface area contributed by atoms with Crippen LogP contribution in [0.2, 0.25) is 0 Å². The van der Waals surface area contributed by atoms with Crippen molar-refractivity contribution < 1.29 is 14.6 Å². The molecule has 0 aliphatic heterocycles. The fourth-order valence-corrected chi connectivity index (χ4v) is 0.811. The van der Waals surface area contributed by atoms with E-state index in [1.54, 1.807) is 12.4 Å². The number of aromatic nitrogens is 1. The zero-order valence-corrected chi connectivity index (χ0v) is 11.2. The van der Waals surface area contributed by atoms with Crippen molar-refractivity contribution in [2.75, 3.05) is 6.26 Å². The van der Waals surface area contributed by atoms with Crippen molar-refractivity contribution in [1.29, 1.82) is 0 Å². The molecule has 0 fully saturated rings. The Balaban J connectivity index is 0.000000921. The molecule has 1 heterocycles. The van der Waals surface area contributed by atoms with Gasteiger partial charge in [0.1, 0.15) is 0 Å². The summed E-state index contributed by atoms with van der Waals surface area (Å²) in [5.41, 5.74) is 4.60. The van der Waals surface area contributed by atoms with Crippen molar-refractivity contribution in [3.05, 3.63) is 35.5 Å². The maximum atomic E-state index is 4.26. The molecule has 0 aromatic carbocycles. The predicted octanol–water partition coefficient (Wildman–Crippen LogP) is 2.21. The summed E-state index contributed by atoms with van der Waals surface area (Å²) in [5.74, 6) is 0. The zero-order valence-electron chi connectivity index (χ0n) is 7.78. The van der Waals surface area contributed by atoms with Crippen LogP contribution < -0.4 is 0 Å². The summed E-state index contributed by atoms with van der Waals surface area (Å²) in [4.78, 5) is 4.05. The van der Waals surface area contributed by atoms with E-state index in [4.69, 9.17) is 0 Å². The molecule has 0 amide bonds. The Morgan fingerprint density at radius 2 is 2.40 bits per heavy atom. The Morgan fingerprint density at radius 1 is 1.67 bits per heavy atom. The molecule has 0 saturated carbocycles. The Kier molecular flexibility index (Phi) is 10.3. The van der Waals surface area contributed by atoms with Gasteiger partial charge in [-0.1, -0.05) is 17.8 Å². The number of thioether (sulfide) groups is 1. The van der Waals surface area contributed by atoms with Gasteiger partial charge in [-0.05, 0) is 18.4 Å². The fraction of sp³-hybridized carbons (Fsp3) is 0.125. The van der Waals surface area contributed by atoms with Crippen molar-refractivity contribution in [2.45, 2.75) is 0 Å². The first-order valence-corrected chi connectivity index (χ1v) is 6.73. The number of hydrogen-bond acceptors (Lipinski definition) is 3. The zero-order chi connectivity index (χ0) is 11.5. The van der Waals surface area contributed by atoms with Gasteiger partial charge in [0.2, 0.25) is 0 Å². The van der Waals surface area contributed by atoms with E-state index < -0.39 is 0 Å². The molecule has 1 aromatic rings. The second kappa shape index (κ2) is 10.4. The normalized spacial score (nSPS) is 9.33. The van der Waals surface area contributed by atoms with Crippen LogP contribution in [0.1, 0.15) is 5.69 Å². The van der Waals surface area contributed by atoms with E-state index in [9.17, 15) is 0 Å². The molecule has 15 heavy (non-hydrogen) atoms. The molecular weight excluding hydrogens is 296 g/mol. The summed E-state index contributed by atoms with van der Waals surface area (Å²) in [6.45, 7) is 0. The van der Waals surface area contributed by atoms with Crippen LogP contribution in [0, 0.1) is 0 Å². The van der Waals surface area contributed by atoms with Crippen LogP contribution in [0.4, 0.5) is 0 Å². The molecule has 0 spiro atoms. The monoisotopic (exact) mass is 304 g/mol. The van der Waals surface area contributed by atoms with Crippen molar-refractivity contribution in [2.24, 2.45) is 5.10 Å². The van der Waals surface area contributed by atoms with Crippen LogP contribution in [0.5, 0.6) is 0 Å². The van der Waals surface area contributed by atoms with Crippen molar-refractivity contribution in [3.8, 4) is 0 Å². The molecule has 0 N–H and O–H groups in total. The van der Waals surface area contributed by atoms with Crippen LogP contribution in [0.25, 0.3) is 5.43 Å². The maximum absolute atomic E-state index is 4.26. The van der Waals surface area contributed by atoms with E-state index >= 15 is 0 Å². The topological polar surface area (TPSA) is 39.4 Å². The molecule has 0 bridgehead atoms. The summed E-state index contributed by atoms with van der Waals surface area (Å²) < 4.78 is 0.632. The molecule has 3 nitrogen and oxygen atoms in total. The Bertz CT molecular complexity index is 308. The van der Waals surface area contributed by atoms with Crippen LogP contribution in [0.3, 0.4) is 0 Å². The Labute approximate surface area is 111 Å². The molecule has 0 radical (unpaired) electrons. The molecule has 0 saturated heterocycles. The van der Waals surface area contributed by atoms with Gasteiger partial charge >= 0.3 is 24.8 Å². The van der Waals surface area contributed by atoms with Gasteiger partial charge in [0.05, 0.1) is 5.69 Å². The SMILES string of the molecule is CSC(=[SH+])[N-]N=Cc1ccccn1.[Cl][Ni]. The van der Waals surface area contributed by atoms with Crippen LogP contribution >= 0.6 is 22.0 Å². The Hall–Kier alpha value is -0.156. The van der Waals surface area contributed by atoms with Crippen LogP contribution in [0.15, 0.2) is 29.5 Å². The fourth-order valence-electron chi connectivity index (χ4n) is 0.631. The number of nitrogens with zero attached hydrogens (tertiary/aromatic N) is 3. The van der Waals surface area contributed by atoms with E-state index in [1.807, 2.05) is 24.5 Å². The predicted molar refractivity (Wildman–Crippen MR) is 68.3 cm³/mol. The van der Waals surface area contributed by atoms with Gasteiger partial charge in [-0.3, -0.25) is 4.98 Å². The van der Waals surface area contributed by atoms with E-state index in [2.05, 4.69) is 52.5 Å². The minimum atomic E-state index is 0.632. The quantitative estimate of drug-likeness (QED) is 0.210. The number of pyridine rings is 1. The number of thiol groups is 1. The van der Waals surface area contributed by atoms with E-state index in [1.165, 1.54) is 11.8 Å². The van der Waals surface area contributed by atoms with Gasteiger partial charge in [0, 0.05) is 12.4 Å². The average molecular weight is 305 g/mol. The first-order valence-electron chi connectivity index (χ1n) is 3.70. The van der Waals surface area contributed by atoms with E-state index in [-0.39, 0.29) is 0 Å². The molecule has 0 aliphatic carbocycles. The van der Waals surface area contributed by atoms with Gasteiger partial charge < -0.3 is 10.5 Å². The minimum absolute atomic E-state index is 0.632. The molecule has 0 unspecified atom stereocenters. The number of rotatable bonds is 2. The van der Waals surface area contributed by atoms with Gasteiger partial charge in [0.15, 0.2) is 16.5 Å². The molecular formula is C8H9ClN3NiS2. The van der Waals surface area contributed by atoms with Crippen LogP contribution in [-0.2, 0) is 26.8 Å². The standard InChI is InChI=1S/C8H9N3S2.ClH.Ni/c1-13-8(12)11-10-6-7-4-2-3-5-9-7;;/h2-6H,1H3,(H,9,11,12);1H;/q;;+1/p-1. The van der Waals surface area contributed by atoms with Crippen molar-refractivity contribution in [3.63, 3.8) is 0 Å². The summed E-state index contributed by atoms with van der Waals surface area (Å²) in [6, 6.07) is 5.61. The molecule has 85 valence electrons. The second-order valence-corrected chi connectivity index (χ2v) is 3.61. The third kappa shape index (κ3) is 7.74. The second-order valence-electron chi connectivity index (χ2n) is 2.09. The summed E-state index contributed by atoms with van der Waals surface area (Å²) in [5, 5.41) is 3.82. The summed E-state index contributed by atoms with van der Waals surface area (Å²) in [6.07, 6.45) is 5.19. The third-order valence-corrected chi connectivity index (χ3v) is 2.29. The molecule has 1 aromatic heterocycles.